The number of piperazine rings is 1. The first-order valence-electron chi connectivity index (χ1n) is 9.58. The smallest absolute Gasteiger partial charge is 0.257 e. The van der Waals surface area contributed by atoms with Crippen LogP contribution < -0.4 is 10.2 Å². The highest BCUT2D eigenvalue weighted by atomic mass is 127. The Bertz CT molecular complexity index is 888. The van der Waals surface area contributed by atoms with Crippen LogP contribution in [0.1, 0.15) is 28.8 Å². The van der Waals surface area contributed by atoms with Crippen LogP contribution in [-0.4, -0.2) is 47.9 Å². The summed E-state index contributed by atoms with van der Waals surface area (Å²) >= 11 is 2.26. The van der Waals surface area contributed by atoms with Gasteiger partial charge in [-0.2, -0.15) is 0 Å². The Hall–Kier alpha value is -2.16. The number of aromatic nitrogens is 1. The fraction of sp³-hybridized carbons (Fsp3) is 0.381. The number of hydrogen-bond donors (Lipinski definition) is 1. The molecule has 6 nitrogen and oxygen atoms in total. The third-order valence-corrected chi connectivity index (χ3v) is 6.44. The van der Waals surface area contributed by atoms with Crippen molar-refractivity contribution >= 4 is 45.9 Å². The topological polar surface area (TPSA) is 65.5 Å². The van der Waals surface area contributed by atoms with E-state index in [0.717, 1.165) is 54.1 Å². The van der Waals surface area contributed by atoms with Crippen LogP contribution >= 0.6 is 22.6 Å². The maximum atomic E-state index is 12.5. The maximum absolute atomic E-state index is 12.5. The van der Waals surface area contributed by atoms with Gasteiger partial charge in [-0.05, 0) is 72.2 Å². The first-order valence-corrected chi connectivity index (χ1v) is 10.7. The second kappa shape index (κ2) is 8.06. The van der Waals surface area contributed by atoms with Crippen molar-refractivity contribution in [3.63, 3.8) is 0 Å². The highest BCUT2D eigenvalue weighted by molar-refractivity contribution is 14.1. The van der Waals surface area contributed by atoms with Crippen LogP contribution in [-0.2, 0) is 4.79 Å². The van der Waals surface area contributed by atoms with E-state index in [2.05, 4.69) is 37.8 Å². The Kier molecular flexibility index (Phi) is 5.52. The van der Waals surface area contributed by atoms with Crippen molar-refractivity contribution < 1.29 is 9.59 Å². The molecule has 1 aliphatic heterocycles. The zero-order chi connectivity index (χ0) is 19.7. The molecule has 0 spiro atoms. The van der Waals surface area contributed by atoms with Crippen LogP contribution in [0.25, 0.3) is 0 Å². The molecule has 1 aromatic heterocycles. The number of nitrogens with one attached hydrogen (secondary N) is 1. The number of amides is 2. The van der Waals surface area contributed by atoms with E-state index in [-0.39, 0.29) is 11.8 Å². The first-order chi connectivity index (χ1) is 13.5. The molecule has 2 fully saturated rings. The van der Waals surface area contributed by atoms with E-state index >= 15 is 0 Å². The number of hydrogen-bond acceptors (Lipinski definition) is 4. The minimum Gasteiger partial charge on any atom is -0.353 e. The van der Waals surface area contributed by atoms with Crippen LogP contribution in [0, 0.1) is 16.4 Å². The zero-order valence-corrected chi connectivity index (χ0v) is 18.0. The van der Waals surface area contributed by atoms with Gasteiger partial charge in [-0.1, -0.05) is 6.07 Å². The molecule has 146 valence electrons. The quantitative estimate of drug-likeness (QED) is 0.669. The number of aryl methyl sites for hydroxylation is 1. The van der Waals surface area contributed by atoms with Crippen LogP contribution in [0.3, 0.4) is 0 Å². The van der Waals surface area contributed by atoms with Gasteiger partial charge in [-0.15, -0.1) is 0 Å². The number of carbonyl (C=O) groups is 2. The largest absolute Gasteiger partial charge is 0.353 e. The standard InChI is InChI=1S/C21H23IN4O2/c1-14-2-6-17(12-18(14)22)24-20(27)16-5-7-19(23-13-16)25-8-10-26(11-9-25)21(28)15-3-4-15/h2,5-7,12-13,15H,3-4,8-11H2,1H3,(H,24,27). The van der Waals surface area contributed by atoms with Crippen molar-refractivity contribution in [1.29, 1.82) is 0 Å². The number of anilines is 2. The predicted octanol–water partition coefficient (Wildman–Crippen LogP) is 3.31. The van der Waals surface area contributed by atoms with Crippen molar-refractivity contribution in [2.75, 3.05) is 36.4 Å². The minimum absolute atomic E-state index is 0.168. The van der Waals surface area contributed by atoms with Crippen LogP contribution in [0.2, 0.25) is 0 Å². The molecule has 2 aromatic rings. The highest BCUT2D eigenvalue weighted by Crippen LogP contribution is 2.31. The molecule has 1 saturated heterocycles. The number of rotatable bonds is 4. The number of pyridine rings is 1. The van der Waals surface area contributed by atoms with E-state index in [1.165, 1.54) is 5.56 Å². The third kappa shape index (κ3) is 4.29. The fourth-order valence-corrected chi connectivity index (χ4v) is 3.84. The number of benzene rings is 1. The molecule has 7 heteroatoms. The lowest BCUT2D eigenvalue weighted by Crippen LogP contribution is -2.49. The average Bonchev–Trinajstić information content (AvgIpc) is 3.56. The van der Waals surface area contributed by atoms with Crippen LogP contribution in [0.4, 0.5) is 11.5 Å². The lowest BCUT2D eigenvalue weighted by Gasteiger charge is -2.35. The summed E-state index contributed by atoms with van der Waals surface area (Å²) in [6.07, 6.45) is 3.71. The molecule has 0 atom stereocenters. The Morgan fingerprint density at radius 2 is 1.86 bits per heavy atom. The van der Waals surface area contributed by atoms with Gasteiger partial charge in [-0.3, -0.25) is 9.59 Å². The van der Waals surface area contributed by atoms with Gasteiger partial charge >= 0.3 is 0 Å². The van der Waals surface area contributed by atoms with Gasteiger partial charge < -0.3 is 15.1 Å². The van der Waals surface area contributed by atoms with Gasteiger partial charge in [0.2, 0.25) is 5.91 Å². The summed E-state index contributed by atoms with van der Waals surface area (Å²) in [6.45, 7) is 5.08. The zero-order valence-electron chi connectivity index (χ0n) is 15.8. The lowest BCUT2D eigenvalue weighted by molar-refractivity contribution is -0.132. The molecule has 2 aliphatic rings. The Morgan fingerprint density at radius 1 is 1.11 bits per heavy atom. The number of carbonyl (C=O) groups excluding carboxylic acids is 2. The lowest BCUT2D eigenvalue weighted by atomic mass is 10.2. The van der Waals surface area contributed by atoms with E-state index in [0.29, 0.717) is 11.5 Å². The van der Waals surface area contributed by atoms with Crippen LogP contribution in [0.5, 0.6) is 0 Å². The van der Waals surface area contributed by atoms with E-state index < -0.39 is 0 Å². The highest BCUT2D eigenvalue weighted by Gasteiger charge is 2.34. The van der Waals surface area contributed by atoms with Crippen molar-refractivity contribution in [1.82, 2.24) is 9.88 Å². The van der Waals surface area contributed by atoms with Crippen molar-refractivity contribution in [2.24, 2.45) is 5.92 Å². The minimum atomic E-state index is -0.168. The molecular formula is C21H23IN4O2. The molecule has 2 amide bonds. The molecule has 1 saturated carbocycles. The first kappa shape index (κ1) is 19.2. The van der Waals surface area contributed by atoms with Gasteiger partial charge in [0, 0.05) is 47.6 Å². The molecule has 1 N–H and O–H groups in total. The van der Waals surface area contributed by atoms with Gasteiger partial charge in [-0.25, -0.2) is 4.98 Å². The molecule has 0 radical (unpaired) electrons. The van der Waals surface area contributed by atoms with Gasteiger partial charge in [0.15, 0.2) is 0 Å². The summed E-state index contributed by atoms with van der Waals surface area (Å²) in [5, 5.41) is 2.92. The van der Waals surface area contributed by atoms with Gasteiger partial charge in [0.05, 0.1) is 5.56 Å². The van der Waals surface area contributed by atoms with Gasteiger partial charge in [0.25, 0.3) is 5.91 Å². The van der Waals surface area contributed by atoms with Gasteiger partial charge in [0.1, 0.15) is 5.82 Å². The summed E-state index contributed by atoms with van der Waals surface area (Å²) < 4.78 is 1.11. The summed E-state index contributed by atoms with van der Waals surface area (Å²) in [6, 6.07) is 9.54. The Balaban J connectivity index is 1.35. The monoisotopic (exact) mass is 490 g/mol. The normalized spacial score (nSPS) is 16.8. The Morgan fingerprint density at radius 3 is 2.46 bits per heavy atom. The van der Waals surface area contributed by atoms with E-state index in [1.54, 1.807) is 12.3 Å². The molecule has 0 unspecified atom stereocenters. The van der Waals surface area contributed by atoms with Crippen LogP contribution in [0.15, 0.2) is 36.5 Å². The molecule has 1 aliphatic carbocycles. The van der Waals surface area contributed by atoms with Crippen molar-refractivity contribution in [3.05, 3.63) is 51.2 Å². The third-order valence-electron chi connectivity index (χ3n) is 5.28. The number of nitrogens with zero attached hydrogens (tertiary/aromatic N) is 3. The van der Waals surface area contributed by atoms with E-state index in [4.69, 9.17) is 0 Å². The second-order valence-electron chi connectivity index (χ2n) is 7.41. The molecule has 4 rings (SSSR count). The molecular weight excluding hydrogens is 467 g/mol. The van der Waals surface area contributed by atoms with E-state index in [1.807, 2.05) is 36.1 Å². The summed E-state index contributed by atoms with van der Waals surface area (Å²) in [7, 11) is 0. The molecule has 28 heavy (non-hydrogen) atoms. The summed E-state index contributed by atoms with van der Waals surface area (Å²) in [5.74, 6) is 1.27. The summed E-state index contributed by atoms with van der Waals surface area (Å²) in [4.78, 5) is 33.2. The SMILES string of the molecule is Cc1ccc(NC(=O)c2ccc(N3CCN(C(=O)C4CC4)CC3)nc2)cc1I. The maximum Gasteiger partial charge on any atom is 0.257 e. The number of halogens is 1. The molecule has 1 aromatic carbocycles. The van der Waals surface area contributed by atoms with Crippen molar-refractivity contribution in [3.8, 4) is 0 Å². The molecule has 2 heterocycles. The second-order valence-corrected chi connectivity index (χ2v) is 8.57. The predicted molar refractivity (Wildman–Crippen MR) is 118 cm³/mol. The Labute approximate surface area is 178 Å². The summed E-state index contributed by atoms with van der Waals surface area (Å²) in [5.41, 5.74) is 2.49. The van der Waals surface area contributed by atoms with E-state index in [9.17, 15) is 9.59 Å². The average molecular weight is 490 g/mol. The fourth-order valence-electron chi connectivity index (χ4n) is 3.33. The van der Waals surface area contributed by atoms with Crippen molar-refractivity contribution in [2.45, 2.75) is 19.8 Å². The molecule has 0 bridgehead atoms.